The SMILES string of the molecule is Cc1ccc(C)c(OCCC(=O)NC(C)c2ccncc2)c1. The van der Waals surface area contributed by atoms with E-state index in [2.05, 4.69) is 10.3 Å². The molecule has 116 valence electrons. The Labute approximate surface area is 131 Å². The molecule has 0 fully saturated rings. The predicted octanol–water partition coefficient (Wildman–Crippen LogP) is 3.34. The number of aromatic nitrogens is 1. The first-order valence-corrected chi connectivity index (χ1v) is 7.45. The van der Waals surface area contributed by atoms with Crippen LogP contribution in [0.1, 0.15) is 36.1 Å². The quantitative estimate of drug-likeness (QED) is 0.890. The van der Waals surface area contributed by atoms with E-state index < -0.39 is 0 Å². The molecule has 1 N–H and O–H groups in total. The number of carbonyl (C=O) groups excluding carboxylic acids is 1. The number of benzene rings is 1. The van der Waals surface area contributed by atoms with Gasteiger partial charge in [0, 0.05) is 12.4 Å². The zero-order valence-electron chi connectivity index (χ0n) is 13.3. The molecule has 1 unspecified atom stereocenters. The maximum absolute atomic E-state index is 12.0. The van der Waals surface area contributed by atoms with Gasteiger partial charge in [-0.25, -0.2) is 0 Å². The summed E-state index contributed by atoms with van der Waals surface area (Å²) in [6.45, 7) is 6.35. The lowest BCUT2D eigenvalue weighted by Gasteiger charge is -2.14. The maximum Gasteiger partial charge on any atom is 0.223 e. The van der Waals surface area contributed by atoms with E-state index in [0.29, 0.717) is 13.0 Å². The van der Waals surface area contributed by atoms with Crippen molar-refractivity contribution < 1.29 is 9.53 Å². The van der Waals surface area contributed by atoms with E-state index in [0.717, 1.165) is 22.4 Å². The first-order chi connectivity index (χ1) is 10.6. The van der Waals surface area contributed by atoms with E-state index in [1.807, 2.05) is 51.1 Å². The molecule has 4 heteroatoms. The molecular weight excluding hydrogens is 276 g/mol. The molecule has 0 saturated carbocycles. The van der Waals surface area contributed by atoms with Crippen LogP contribution in [0.3, 0.4) is 0 Å². The smallest absolute Gasteiger partial charge is 0.223 e. The number of hydrogen-bond acceptors (Lipinski definition) is 3. The minimum absolute atomic E-state index is 0.0189. The van der Waals surface area contributed by atoms with Crippen molar-refractivity contribution in [2.75, 3.05) is 6.61 Å². The van der Waals surface area contributed by atoms with E-state index in [4.69, 9.17) is 4.74 Å². The van der Waals surface area contributed by atoms with Crippen LogP contribution in [0.2, 0.25) is 0 Å². The van der Waals surface area contributed by atoms with E-state index in [-0.39, 0.29) is 11.9 Å². The Bertz CT molecular complexity index is 626. The van der Waals surface area contributed by atoms with Crippen molar-refractivity contribution in [1.82, 2.24) is 10.3 Å². The molecule has 0 spiro atoms. The summed E-state index contributed by atoms with van der Waals surface area (Å²) in [5, 5.41) is 2.96. The maximum atomic E-state index is 12.0. The second-order valence-corrected chi connectivity index (χ2v) is 5.44. The molecule has 0 aliphatic rings. The van der Waals surface area contributed by atoms with Crippen molar-refractivity contribution >= 4 is 5.91 Å². The lowest BCUT2D eigenvalue weighted by Crippen LogP contribution is -2.27. The molecule has 1 aromatic heterocycles. The van der Waals surface area contributed by atoms with Gasteiger partial charge in [-0.3, -0.25) is 9.78 Å². The third-order valence-corrected chi connectivity index (χ3v) is 3.51. The highest BCUT2D eigenvalue weighted by molar-refractivity contribution is 5.76. The second kappa shape index (κ2) is 7.59. The van der Waals surface area contributed by atoms with Crippen LogP contribution in [-0.2, 0) is 4.79 Å². The zero-order chi connectivity index (χ0) is 15.9. The average Bonchev–Trinajstić information content (AvgIpc) is 2.51. The Hall–Kier alpha value is -2.36. The summed E-state index contributed by atoms with van der Waals surface area (Å²) in [5.41, 5.74) is 3.27. The number of amides is 1. The third kappa shape index (κ3) is 4.58. The van der Waals surface area contributed by atoms with Crippen LogP contribution in [0.15, 0.2) is 42.7 Å². The minimum atomic E-state index is -0.0313. The monoisotopic (exact) mass is 298 g/mol. The molecular formula is C18H22N2O2. The molecule has 22 heavy (non-hydrogen) atoms. The van der Waals surface area contributed by atoms with Crippen LogP contribution in [-0.4, -0.2) is 17.5 Å². The van der Waals surface area contributed by atoms with Crippen LogP contribution in [0.4, 0.5) is 0 Å². The molecule has 1 aromatic carbocycles. The highest BCUT2D eigenvalue weighted by Gasteiger charge is 2.09. The first-order valence-electron chi connectivity index (χ1n) is 7.45. The number of ether oxygens (including phenoxy) is 1. The van der Waals surface area contributed by atoms with Gasteiger partial charge >= 0.3 is 0 Å². The molecule has 2 rings (SSSR count). The zero-order valence-corrected chi connectivity index (χ0v) is 13.3. The summed E-state index contributed by atoms with van der Waals surface area (Å²) < 4.78 is 5.70. The van der Waals surface area contributed by atoms with Crippen LogP contribution < -0.4 is 10.1 Å². The Morgan fingerprint density at radius 2 is 1.95 bits per heavy atom. The Morgan fingerprint density at radius 1 is 1.23 bits per heavy atom. The lowest BCUT2D eigenvalue weighted by atomic mass is 10.1. The van der Waals surface area contributed by atoms with Crippen LogP contribution in [0.25, 0.3) is 0 Å². The van der Waals surface area contributed by atoms with Gasteiger partial charge in [0.05, 0.1) is 19.1 Å². The van der Waals surface area contributed by atoms with Crippen molar-refractivity contribution in [2.45, 2.75) is 33.2 Å². The third-order valence-electron chi connectivity index (χ3n) is 3.51. The molecule has 1 atom stereocenters. The summed E-state index contributed by atoms with van der Waals surface area (Å²) in [6.07, 6.45) is 3.78. The fourth-order valence-corrected chi connectivity index (χ4v) is 2.17. The molecule has 0 aliphatic carbocycles. The lowest BCUT2D eigenvalue weighted by molar-refractivity contribution is -0.122. The largest absolute Gasteiger partial charge is 0.493 e. The van der Waals surface area contributed by atoms with Gasteiger partial charge in [-0.2, -0.15) is 0 Å². The van der Waals surface area contributed by atoms with Crippen molar-refractivity contribution in [1.29, 1.82) is 0 Å². The summed E-state index contributed by atoms with van der Waals surface area (Å²) in [7, 11) is 0. The van der Waals surface area contributed by atoms with Gasteiger partial charge in [-0.1, -0.05) is 12.1 Å². The van der Waals surface area contributed by atoms with Gasteiger partial charge in [0.1, 0.15) is 5.75 Å². The number of pyridine rings is 1. The van der Waals surface area contributed by atoms with Crippen molar-refractivity contribution in [3.05, 3.63) is 59.4 Å². The van der Waals surface area contributed by atoms with E-state index in [9.17, 15) is 4.79 Å². The standard InChI is InChI=1S/C18H22N2O2/c1-13-4-5-14(2)17(12-13)22-11-8-18(21)20-15(3)16-6-9-19-10-7-16/h4-7,9-10,12,15H,8,11H2,1-3H3,(H,20,21). The summed E-state index contributed by atoms with van der Waals surface area (Å²) in [5.74, 6) is 0.824. The van der Waals surface area contributed by atoms with Crippen LogP contribution in [0, 0.1) is 13.8 Å². The van der Waals surface area contributed by atoms with Crippen molar-refractivity contribution in [2.24, 2.45) is 0 Å². The average molecular weight is 298 g/mol. The van der Waals surface area contributed by atoms with Gasteiger partial charge < -0.3 is 10.1 Å². The highest BCUT2D eigenvalue weighted by atomic mass is 16.5. The molecule has 2 aromatic rings. The van der Waals surface area contributed by atoms with Gasteiger partial charge in [-0.15, -0.1) is 0 Å². The molecule has 0 saturated heterocycles. The molecule has 0 bridgehead atoms. The molecule has 1 heterocycles. The fraction of sp³-hybridized carbons (Fsp3) is 0.333. The van der Waals surface area contributed by atoms with Gasteiger partial charge in [-0.05, 0) is 55.7 Å². The number of rotatable bonds is 6. The van der Waals surface area contributed by atoms with E-state index in [1.165, 1.54) is 0 Å². The number of nitrogens with zero attached hydrogens (tertiary/aromatic N) is 1. The molecule has 0 radical (unpaired) electrons. The minimum Gasteiger partial charge on any atom is -0.493 e. The van der Waals surface area contributed by atoms with E-state index >= 15 is 0 Å². The van der Waals surface area contributed by atoms with E-state index in [1.54, 1.807) is 12.4 Å². The van der Waals surface area contributed by atoms with Gasteiger partial charge in [0.15, 0.2) is 0 Å². The fourth-order valence-electron chi connectivity index (χ4n) is 2.17. The number of hydrogen-bond donors (Lipinski definition) is 1. The van der Waals surface area contributed by atoms with Gasteiger partial charge in [0.25, 0.3) is 0 Å². The van der Waals surface area contributed by atoms with Crippen molar-refractivity contribution in [3.63, 3.8) is 0 Å². The Balaban J connectivity index is 1.79. The topological polar surface area (TPSA) is 51.2 Å². The second-order valence-electron chi connectivity index (χ2n) is 5.44. The molecule has 4 nitrogen and oxygen atoms in total. The number of nitrogens with one attached hydrogen (secondary N) is 1. The normalized spacial score (nSPS) is 11.8. The summed E-state index contributed by atoms with van der Waals surface area (Å²) in [6, 6.07) is 9.83. The summed E-state index contributed by atoms with van der Waals surface area (Å²) >= 11 is 0. The number of aryl methyl sites for hydroxylation is 2. The van der Waals surface area contributed by atoms with Crippen molar-refractivity contribution in [3.8, 4) is 5.75 Å². The first kappa shape index (κ1) is 16.0. The number of carbonyl (C=O) groups is 1. The van der Waals surface area contributed by atoms with Gasteiger partial charge in [0.2, 0.25) is 5.91 Å². The predicted molar refractivity (Wildman–Crippen MR) is 86.8 cm³/mol. The Kier molecular flexibility index (Phi) is 5.53. The molecule has 0 aliphatic heterocycles. The molecule has 1 amide bonds. The highest BCUT2D eigenvalue weighted by Crippen LogP contribution is 2.19. The Morgan fingerprint density at radius 3 is 2.68 bits per heavy atom. The summed E-state index contributed by atoms with van der Waals surface area (Å²) in [4.78, 5) is 15.9. The van der Waals surface area contributed by atoms with Crippen LogP contribution >= 0.6 is 0 Å². The van der Waals surface area contributed by atoms with Crippen LogP contribution in [0.5, 0.6) is 5.75 Å².